The van der Waals surface area contributed by atoms with Gasteiger partial charge in [0, 0.05) is 43.7 Å². The van der Waals surface area contributed by atoms with Crippen LogP contribution in [0.1, 0.15) is 29.8 Å². The summed E-state index contributed by atoms with van der Waals surface area (Å²) in [5.41, 5.74) is 9.49. The third-order valence-electron chi connectivity index (χ3n) is 6.20. The van der Waals surface area contributed by atoms with E-state index in [0.717, 1.165) is 29.7 Å². The van der Waals surface area contributed by atoms with Gasteiger partial charge in [-0.3, -0.25) is 4.98 Å². The van der Waals surface area contributed by atoms with Crippen LogP contribution in [0.2, 0.25) is 0 Å². The second kappa shape index (κ2) is 8.52. The summed E-state index contributed by atoms with van der Waals surface area (Å²) in [5, 5.41) is 5.47. The third kappa shape index (κ3) is 4.28. The largest absolute Gasteiger partial charge is 0.354 e. The van der Waals surface area contributed by atoms with Gasteiger partial charge in [-0.1, -0.05) is 24.3 Å². The van der Waals surface area contributed by atoms with E-state index < -0.39 is 0 Å². The molecule has 2 aromatic carbocycles. The first-order valence-electron chi connectivity index (χ1n) is 11.1. The van der Waals surface area contributed by atoms with Crippen LogP contribution in [0, 0.1) is 20.8 Å². The van der Waals surface area contributed by atoms with Gasteiger partial charge in [-0.25, -0.2) is 0 Å². The Bertz CT molecular complexity index is 1200. The van der Waals surface area contributed by atoms with Crippen LogP contribution in [0.5, 0.6) is 0 Å². The molecule has 5 rings (SSSR count). The molecule has 1 aliphatic rings. The molecule has 3 heterocycles. The number of fused-ring (bicyclic) bond motifs is 1. The molecule has 0 radical (unpaired) electrons. The van der Waals surface area contributed by atoms with Crippen LogP contribution in [0.15, 0.2) is 59.5 Å². The summed E-state index contributed by atoms with van der Waals surface area (Å²) in [5.74, 6) is 0. The molecule has 0 spiro atoms. The van der Waals surface area contributed by atoms with Crippen LogP contribution in [-0.4, -0.2) is 28.3 Å². The molecule has 0 amide bonds. The van der Waals surface area contributed by atoms with Gasteiger partial charge in [-0.05, 0) is 93.7 Å². The van der Waals surface area contributed by atoms with Crippen molar-refractivity contribution >= 4 is 22.7 Å². The van der Waals surface area contributed by atoms with Crippen molar-refractivity contribution in [2.75, 3.05) is 13.1 Å². The lowest BCUT2D eigenvalue weighted by atomic mass is 10.0. The normalized spacial score (nSPS) is 14.9. The molecule has 3 nitrogen and oxygen atoms in total. The Morgan fingerprint density at radius 1 is 0.806 bits per heavy atom. The van der Waals surface area contributed by atoms with Gasteiger partial charge >= 0.3 is 0 Å². The number of benzene rings is 2. The zero-order chi connectivity index (χ0) is 21.4. The van der Waals surface area contributed by atoms with E-state index in [-0.39, 0.29) is 0 Å². The van der Waals surface area contributed by atoms with Crippen molar-refractivity contribution in [1.82, 2.24) is 15.3 Å². The fourth-order valence-corrected chi connectivity index (χ4v) is 5.77. The first kappa shape index (κ1) is 20.3. The van der Waals surface area contributed by atoms with Crippen LogP contribution in [0.3, 0.4) is 0 Å². The van der Waals surface area contributed by atoms with Crippen LogP contribution < -0.4 is 5.32 Å². The molecule has 1 aliphatic heterocycles. The maximum absolute atomic E-state index is 4.52. The number of pyridine rings is 1. The van der Waals surface area contributed by atoms with Gasteiger partial charge in [0.15, 0.2) is 0 Å². The molecule has 4 aromatic rings. The molecule has 0 bridgehead atoms. The Morgan fingerprint density at radius 3 is 2.19 bits per heavy atom. The number of hydrogen-bond donors (Lipinski definition) is 2. The fraction of sp³-hybridized carbons (Fsp3) is 0.296. The summed E-state index contributed by atoms with van der Waals surface area (Å²) < 4.78 is 0. The number of H-pyrrole nitrogens is 1. The van der Waals surface area contributed by atoms with Gasteiger partial charge in [0.25, 0.3) is 0 Å². The molecule has 2 aromatic heterocycles. The zero-order valence-electron chi connectivity index (χ0n) is 18.5. The number of nitrogens with one attached hydrogen (secondary N) is 2. The molecule has 1 saturated heterocycles. The average Bonchev–Trinajstić information content (AvgIpc) is 3.10. The quantitative estimate of drug-likeness (QED) is 0.382. The second-order valence-electron chi connectivity index (χ2n) is 8.62. The van der Waals surface area contributed by atoms with Gasteiger partial charge < -0.3 is 10.3 Å². The van der Waals surface area contributed by atoms with Crippen molar-refractivity contribution in [3.05, 3.63) is 71.5 Å². The number of aromatic nitrogens is 2. The minimum Gasteiger partial charge on any atom is -0.354 e. The van der Waals surface area contributed by atoms with E-state index in [1.807, 2.05) is 11.8 Å². The number of nitrogens with zero attached hydrogens (tertiary/aromatic N) is 1. The van der Waals surface area contributed by atoms with Gasteiger partial charge in [0.05, 0.1) is 0 Å². The minimum absolute atomic E-state index is 0.740. The molecule has 1 fully saturated rings. The molecule has 31 heavy (non-hydrogen) atoms. The van der Waals surface area contributed by atoms with Gasteiger partial charge in [0.2, 0.25) is 0 Å². The monoisotopic (exact) mass is 427 g/mol. The van der Waals surface area contributed by atoms with Crippen molar-refractivity contribution in [1.29, 1.82) is 0 Å². The summed E-state index contributed by atoms with van der Waals surface area (Å²) in [6.45, 7) is 8.60. The lowest BCUT2D eigenvalue weighted by Crippen LogP contribution is -2.29. The van der Waals surface area contributed by atoms with Gasteiger partial charge in [-0.2, -0.15) is 0 Å². The van der Waals surface area contributed by atoms with Crippen LogP contribution >= 0.6 is 11.8 Å². The molecule has 4 heteroatoms. The van der Waals surface area contributed by atoms with Crippen molar-refractivity contribution in [3.63, 3.8) is 0 Å². The number of piperidine rings is 1. The highest BCUT2D eigenvalue weighted by Gasteiger charge is 2.15. The van der Waals surface area contributed by atoms with Crippen molar-refractivity contribution in [3.8, 4) is 22.4 Å². The van der Waals surface area contributed by atoms with Crippen molar-refractivity contribution in [2.45, 2.75) is 43.8 Å². The van der Waals surface area contributed by atoms with E-state index in [4.69, 9.17) is 0 Å². The van der Waals surface area contributed by atoms with E-state index in [0.29, 0.717) is 0 Å². The molecule has 158 valence electrons. The Kier molecular flexibility index (Phi) is 5.59. The lowest BCUT2D eigenvalue weighted by Gasteiger charge is -2.22. The van der Waals surface area contributed by atoms with E-state index in [9.17, 15) is 0 Å². The second-order valence-corrected chi connectivity index (χ2v) is 9.99. The summed E-state index contributed by atoms with van der Waals surface area (Å²) in [4.78, 5) is 9.57. The Morgan fingerprint density at radius 2 is 1.48 bits per heavy atom. The van der Waals surface area contributed by atoms with E-state index >= 15 is 0 Å². The number of rotatable bonds is 4. The van der Waals surface area contributed by atoms with Crippen LogP contribution in [0.4, 0.5) is 0 Å². The predicted octanol–water partition coefficient (Wildman–Crippen LogP) is 6.67. The summed E-state index contributed by atoms with van der Waals surface area (Å²) >= 11 is 2.02. The lowest BCUT2D eigenvalue weighted by molar-refractivity contribution is 0.531. The molecule has 0 saturated carbocycles. The highest BCUT2D eigenvalue weighted by Crippen LogP contribution is 2.34. The number of thioether (sulfide) groups is 1. The standard InChI is InChI=1S/C27H29N3S/c1-17-14-22(15-18(2)29-17)27-19(3)25-9-6-21(16-26(25)30-27)20-4-7-23(8-5-20)31-24-10-12-28-13-11-24/h4-9,14-16,24,28,30H,10-13H2,1-3H3. The molecule has 0 atom stereocenters. The minimum atomic E-state index is 0.740. The smallest absolute Gasteiger partial charge is 0.0495 e. The Hall–Kier alpha value is -2.56. The van der Waals surface area contributed by atoms with Crippen molar-refractivity contribution < 1.29 is 0 Å². The molecule has 2 N–H and O–H groups in total. The first-order valence-corrected chi connectivity index (χ1v) is 12.0. The number of hydrogen-bond acceptors (Lipinski definition) is 3. The molecular formula is C27H29N3S. The molecule has 0 unspecified atom stereocenters. The SMILES string of the molecule is Cc1cc(-c2[nH]c3cc(-c4ccc(SC5CCNCC5)cc4)ccc3c2C)cc(C)n1. The van der Waals surface area contributed by atoms with Gasteiger partial charge in [0.1, 0.15) is 0 Å². The first-order chi connectivity index (χ1) is 15.1. The van der Waals surface area contributed by atoms with Crippen molar-refractivity contribution in [2.24, 2.45) is 0 Å². The van der Waals surface area contributed by atoms with E-state index in [2.05, 4.69) is 90.7 Å². The Labute approximate surface area is 188 Å². The average molecular weight is 428 g/mol. The number of aryl methyl sites for hydroxylation is 3. The maximum atomic E-state index is 4.52. The molecule has 0 aliphatic carbocycles. The maximum Gasteiger partial charge on any atom is 0.0495 e. The summed E-state index contributed by atoms with van der Waals surface area (Å²) in [6.07, 6.45) is 2.52. The summed E-state index contributed by atoms with van der Waals surface area (Å²) in [7, 11) is 0. The highest BCUT2D eigenvalue weighted by atomic mass is 32.2. The highest BCUT2D eigenvalue weighted by molar-refractivity contribution is 8.00. The zero-order valence-corrected chi connectivity index (χ0v) is 19.3. The Balaban J connectivity index is 1.43. The van der Waals surface area contributed by atoms with Crippen LogP contribution in [0.25, 0.3) is 33.3 Å². The number of aromatic amines is 1. The third-order valence-corrected chi connectivity index (χ3v) is 7.55. The predicted molar refractivity (Wildman–Crippen MR) is 133 cm³/mol. The topological polar surface area (TPSA) is 40.7 Å². The van der Waals surface area contributed by atoms with E-state index in [1.165, 1.54) is 56.6 Å². The van der Waals surface area contributed by atoms with Gasteiger partial charge in [-0.15, -0.1) is 11.8 Å². The summed E-state index contributed by atoms with van der Waals surface area (Å²) in [6, 6.07) is 20.2. The van der Waals surface area contributed by atoms with Crippen LogP contribution in [-0.2, 0) is 0 Å². The fourth-order valence-electron chi connectivity index (χ4n) is 4.62. The molecular weight excluding hydrogens is 398 g/mol. The van der Waals surface area contributed by atoms with E-state index in [1.54, 1.807) is 0 Å².